The molecule has 100 valence electrons. The van der Waals surface area contributed by atoms with Gasteiger partial charge >= 0.3 is 0 Å². The van der Waals surface area contributed by atoms with Gasteiger partial charge in [0.05, 0.1) is 16.3 Å². The zero-order valence-electron chi connectivity index (χ0n) is 10.4. The first-order valence-electron chi connectivity index (χ1n) is 5.51. The van der Waals surface area contributed by atoms with Crippen molar-refractivity contribution in [3.8, 4) is 5.75 Å². The molecule has 0 saturated carbocycles. The molecular formula is C13H11Cl2NO2S. The van der Waals surface area contributed by atoms with E-state index >= 15 is 0 Å². The molecule has 0 atom stereocenters. The standard InChI is InChI=1S/C13H11Cl2NO2S/c1-7-8(2)19-12(16-7)6-18-13-9(5-17)3-10(14)4-11(13)15/h3-5H,6H2,1-2H3. The van der Waals surface area contributed by atoms with E-state index < -0.39 is 0 Å². The van der Waals surface area contributed by atoms with Crippen molar-refractivity contribution >= 4 is 40.8 Å². The molecular weight excluding hydrogens is 305 g/mol. The maximum atomic E-state index is 11.0. The number of hydrogen-bond donors (Lipinski definition) is 0. The van der Waals surface area contributed by atoms with Crippen molar-refractivity contribution in [1.29, 1.82) is 0 Å². The van der Waals surface area contributed by atoms with Crippen LogP contribution in [0.2, 0.25) is 10.0 Å². The summed E-state index contributed by atoms with van der Waals surface area (Å²) in [5.74, 6) is 0.339. The van der Waals surface area contributed by atoms with E-state index in [9.17, 15) is 4.79 Å². The number of aromatic nitrogens is 1. The molecule has 0 bridgehead atoms. The predicted molar refractivity (Wildman–Crippen MR) is 77.8 cm³/mol. The highest BCUT2D eigenvalue weighted by Gasteiger charge is 2.12. The van der Waals surface area contributed by atoms with Crippen LogP contribution in [-0.4, -0.2) is 11.3 Å². The average molecular weight is 316 g/mol. The third-order valence-corrected chi connectivity index (χ3v) is 4.12. The number of aldehydes is 1. The minimum absolute atomic E-state index is 0.279. The molecule has 6 heteroatoms. The van der Waals surface area contributed by atoms with Crippen molar-refractivity contribution < 1.29 is 9.53 Å². The van der Waals surface area contributed by atoms with Crippen LogP contribution in [0.25, 0.3) is 0 Å². The summed E-state index contributed by atoms with van der Waals surface area (Å²) in [6.45, 7) is 4.23. The van der Waals surface area contributed by atoms with Gasteiger partial charge in [-0.15, -0.1) is 11.3 Å². The van der Waals surface area contributed by atoms with Gasteiger partial charge < -0.3 is 4.74 Å². The first kappa shape index (κ1) is 14.3. The maximum absolute atomic E-state index is 11.0. The Labute approximate surface area is 125 Å². The average Bonchev–Trinajstić information content (AvgIpc) is 2.66. The number of carbonyl (C=O) groups excluding carboxylic acids is 1. The maximum Gasteiger partial charge on any atom is 0.153 e. The molecule has 0 aliphatic heterocycles. The van der Waals surface area contributed by atoms with E-state index in [0.717, 1.165) is 15.6 Å². The number of rotatable bonds is 4. The van der Waals surface area contributed by atoms with E-state index in [0.29, 0.717) is 27.6 Å². The van der Waals surface area contributed by atoms with Gasteiger partial charge in [-0.3, -0.25) is 4.79 Å². The Bertz CT molecular complexity index is 606. The van der Waals surface area contributed by atoms with Crippen LogP contribution in [0.3, 0.4) is 0 Å². The second kappa shape index (κ2) is 5.90. The quantitative estimate of drug-likeness (QED) is 0.782. The van der Waals surface area contributed by atoms with Gasteiger partial charge in [-0.05, 0) is 26.0 Å². The van der Waals surface area contributed by atoms with Gasteiger partial charge in [0.25, 0.3) is 0 Å². The number of thiazole rings is 1. The van der Waals surface area contributed by atoms with Crippen LogP contribution >= 0.6 is 34.5 Å². The molecule has 1 aromatic carbocycles. The molecule has 0 aliphatic rings. The molecule has 0 radical (unpaired) electrons. The molecule has 0 N–H and O–H groups in total. The number of halogens is 2. The van der Waals surface area contributed by atoms with Crippen molar-refractivity contribution in [2.24, 2.45) is 0 Å². The summed E-state index contributed by atoms with van der Waals surface area (Å²) in [6.07, 6.45) is 0.672. The van der Waals surface area contributed by atoms with Crippen LogP contribution < -0.4 is 4.74 Å². The molecule has 2 rings (SSSR count). The Morgan fingerprint density at radius 2 is 2.11 bits per heavy atom. The Hall–Kier alpha value is -1.10. The number of ether oxygens (including phenoxy) is 1. The molecule has 1 heterocycles. The summed E-state index contributed by atoms with van der Waals surface area (Å²) in [5.41, 5.74) is 1.32. The van der Waals surface area contributed by atoms with Crippen LogP contribution in [0.5, 0.6) is 5.75 Å². The van der Waals surface area contributed by atoms with Gasteiger partial charge in [-0.2, -0.15) is 0 Å². The third-order valence-electron chi connectivity index (χ3n) is 2.58. The highest BCUT2D eigenvalue weighted by atomic mass is 35.5. The third kappa shape index (κ3) is 3.26. The van der Waals surface area contributed by atoms with Gasteiger partial charge in [0.15, 0.2) is 6.29 Å². The lowest BCUT2D eigenvalue weighted by molar-refractivity contribution is 0.111. The topological polar surface area (TPSA) is 39.2 Å². The molecule has 1 aromatic heterocycles. The number of benzene rings is 1. The lowest BCUT2D eigenvalue weighted by atomic mass is 10.2. The van der Waals surface area contributed by atoms with Crippen LogP contribution in [0.1, 0.15) is 25.9 Å². The monoisotopic (exact) mass is 315 g/mol. The van der Waals surface area contributed by atoms with E-state index in [1.165, 1.54) is 6.07 Å². The summed E-state index contributed by atoms with van der Waals surface area (Å²) in [7, 11) is 0. The Balaban J connectivity index is 2.21. The van der Waals surface area contributed by atoms with Crippen molar-refractivity contribution in [2.45, 2.75) is 20.5 Å². The van der Waals surface area contributed by atoms with Gasteiger partial charge in [0.1, 0.15) is 17.4 Å². The highest BCUT2D eigenvalue weighted by molar-refractivity contribution is 7.11. The van der Waals surface area contributed by atoms with Crippen LogP contribution in [0, 0.1) is 13.8 Å². The molecule has 0 unspecified atom stereocenters. The Morgan fingerprint density at radius 3 is 2.68 bits per heavy atom. The molecule has 0 spiro atoms. The zero-order valence-corrected chi connectivity index (χ0v) is 12.7. The zero-order chi connectivity index (χ0) is 14.0. The molecule has 0 fully saturated rings. The summed E-state index contributed by atoms with van der Waals surface area (Å²) < 4.78 is 5.59. The van der Waals surface area contributed by atoms with Crippen LogP contribution in [-0.2, 0) is 6.61 Å². The fourth-order valence-electron chi connectivity index (χ4n) is 1.55. The summed E-state index contributed by atoms with van der Waals surface area (Å²) in [6, 6.07) is 3.07. The lowest BCUT2D eigenvalue weighted by Gasteiger charge is -2.09. The molecule has 2 aromatic rings. The normalized spacial score (nSPS) is 10.5. The Kier molecular flexibility index (Phi) is 4.45. The second-order valence-electron chi connectivity index (χ2n) is 3.96. The smallest absolute Gasteiger partial charge is 0.153 e. The van der Waals surface area contributed by atoms with Gasteiger partial charge in [0.2, 0.25) is 0 Å². The number of nitrogens with zero attached hydrogens (tertiary/aromatic N) is 1. The summed E-state index contributed by atoms with van der Waals surface area (Å²) in [5, 5.41) is 1.57. The first-order chi connectivity index (χ1) is 9.01. The van der Waals surface area contributed by atoms with Crippen molar-refractivity contribution in [3.63, 3.8) is 0 Å². The van der Waals surface area contributed by atoms with Crippen molar-refractivity contribution in [1.82, 2.24) is 4.98 Å². The molecule has 0 amide bonds. The highest BCUT2D eigenvalue weighted by Crippen LogP contribution is 2.32. The van der Waals surface area contributed by atoms with E-state index in [-0.39, 0.29) is 6.61 Å². The fourth-order valence-corrected chi connectivity index (χ4v) is 2.97. The van der Waals surface area contributed by atoms with Crippen LogP contribution in [0.4, 0.5) is 0 Å². The van der Waals surface area contributed by atoms with Crippen molar-refractivity contribution in [2.75, 3.05) is 0 Å². The van der Waals surface area contributed by atoms with Gasteiger partial charge in [0, 0.05) is 9.90 Å². The Morgan fingerprint density at radius 1 is 1.37 bits per heavy atom. The minimum atomic E-state index is 0.279. The van der Waals surface area contributed by atoms with Crippen LogP contribution in [0.15, 0.2) is 12.1 Å². The minimum Gasteiger partial charge on any atom is -0.484 e. The predicted octanol–water partition coefficient (Wildman–Crippen LogP) is 4.46. The number of carbonyl (C=O) groups is 1. The van der Waals surface area contributed by atoms with E-state index in [1.807, 2.05) is 13.8 Å². The molecule has 0 saturated heterocycles. The number of hydrogen-bond acceptors (Lipinski definition) is 4. The van der Waals surface area contributed by atoms with Gasteiger partial charge in [-0.1, -0.05) is 23.2 Å². The largest absolute Gasteiger partial charge is 0.484 e. The SMILES string of the molecule is Cc1nc(COc2c(Cl)cc(Cl)cc2C=O)sc1C. The molecule has 19 heavy (non-hydrogen) atoms. The molecule has 3 nitrogen and oxygen atoms in total. The van der Waals surface area contributed by atoms with E-state index in [2.05, 4.69) is 4.98 Å². The summed E-state index contributed by atoms with van der Waals surface area (Å²) >= 11 is 13.4. The fraction of sp³-hybridized carbons (Fsp3) is 0.231. The van der Waals surface area contributed by atoms with Crippen molar-refractivity contribution in [3.05, 3.63) is 43.3 Å². The van der Waals surface area contributed by atoms with E-state index in [1.54, 1.807) is 17.4 Å². The van der Waals surface area contributed by atoms with Gasteiger partial charge in [-0.25, -0.2) is 4.98 Å². The molecule has 0 aliphatic carbocycles. The first-order valence-corrected chi connectivity index (χ1v) is 7.08. The lowest BCUT2D eigenvalue weighted by Crippen LogP contribution is -1.99. The second-order valence-corrected chi connectivity index (χ2v) is 6.09. The van der Waals surface area contributed by atoms with E-state index in [4.69, 9.17) is 27.9 Å². The number of aryl methyl sites for hydroxylation is 2. The summed E-state index contributed by atoms with van der Waals surface area (Å²) in [4.78, 5) is 16.5.